The molecule has 1 N–H and O–H groups in total. The number of carbonyl (C=O) groups excluding carboxylic acids is 2. The molecular weight excluding hydrogens is 446 g/mol. The van der Waals surface area contributed by atoms with Crippen LogP contribution in [0.2, 0.25) is 0 Å². The number of hydrogen-bond donors (Lipinski definition) is 1. The van der Waals surface area contributed by atoms with E-state index in [0.717, 1.165) is 49.2 Å². The number of anilines is 1. The van der Waals surface area contributed by atoms with E-state index in [0.29, 0.717) is 17.5 Å². The largest absolute Gasteiger partial charge is 0.456 e. The van der Waals surface area contributed by atoms with Crippen LogP contribution in [0.3, 0.4) is 0 Å². The highest BCUT2D eigenvalue weighted by Crippen LogP contribution is 2.35. The first-order valence-corrected chi connectivity index (χ1v) is 12.7. The monoisotopic (exact) mass is 478 g/mol. The lowest BCUT2D eigenvalue weighted by Crippen LogP contribution is -2.65. The van der Waals surface area contributed by atoms with Gasteiger partial charge in [-0.15, -0.1) is 11.3 Å². The Hall–Kier alpha value is -3.03. The highest BCUT2D eigenvalue weighted by molar-refractivity contribution is 7.11. The molecular formula is C27H32N3O3S+. The zero-order chi connectivity index (χ0) is 23.8. The zero-order valence-corrected chi connectivity index (χ0v) is 20.4. The average molecular weight is 479 g/mol. The Morgan fingerprint density at radius 2 is 1.74 bits per heavy atom. The summed E-state index contributed by atoms with van der Waals surface area (Å²) in [7, 11) is 0. The average Bonchev–Trinajstić information content (AvgIpc) is 3.40. The summed E-state index contributed by atoms with van der Waals surface area (Å²) in [4.78, 5) is 27.6. The van der Waals surface area contributed by atoms with Crippen LogP contribution in [0.15, 0.2) is 72.2 Å². The molecule has 3 fully saturated rings. The van der Waals surface area contributed by atoms with E-state index in [1.165, 1.54) is 23.8 Å². The Morgan fingerprint density at radius 1 is 1.06 bits per heavy atom. The molecule has 7 heteroatoms. The van der Waals surface area contributed by atoms with Gasteiger partial charge in [0.05, 0.1) is 13.1 Å². The van der Waals surface area contributed by atoms with Crippen LogP contribution in [0.5, 0.6) is 0 Å². The van der Waals surface area contributed by atoms with Gasteiger partial charge in [-0.1, -0.05) is 48.5 Å². The van der Waals surface area contributed by atoms with Crippen molar-refractivity contribution in [3.05, 3.63) is 82.8 Å². The Labute approximate surface area is 205 Å². The third-order valence-corrected chi connectivity index (χ3v) is 7.44. The SMILES string of the molecule is CC(=O)OC1C[N+]2(CC(=O)c3nccs3)CCC1CC2.c1ccc(CNc2ccccc2)cc1. The first-order chi connectivity index (χ1) is 16.5. The molecule has 3 aromatic rings. The number of aromatic nitrogens is 1. The van der Waals surface area contributed by atoms with Crippen LogP contribution < -0.4 is 5.32 Å². The first kappa shape index (κ1) is 24.1. The number of benzene rings is 2. The lowest BCUT2D eigenvalue weighted by molar-refractivity contribution is -0.938. The third kappa shape index (κ3) is 6.52. The van der Waals surface area contributed by atoms with E-state index in [-0.39, 0.29) is 17.9 Å². The lowest BCUT2D eigenvalue weighted by atomic mass is 9.83. The maximum absolute atomic E-state index is 12.3. The molecule has 0 amide bonds. The minimum absolute atomic E-state index is 0.0147. The van der Waals surface area contributed by atoms with Crippen molar-refractivity contribution in [3.63, 3.8) is 0 Å². The molecule has 1 atom stereocenters. The summed E-state index contributed by atoms with van der Waals surface area (Å²) in [6, 6.07) is 20.6. The quantitative estimate of drug-likeness (QED) is 0.300. The topological polar surface area (TPSA) is 68.3 Å². The molecule has 1 aromatic heterocycles. The van der Waals surface area contributed by atoms with Crippen molar-refractivity contribution in [1.29, 1.82) is 0 Å². The van der Waals surface area contributed by atoms with Crippen LogP contribution in [0.4, 0.5) is 5.69 Å². The van der Waals surface area contributed by atoms with Gasteiger partial charge in [0.25, 0.3) is 0 Å². The van der Waals surface area contributed by atoms with E-state index < -0.39 is 0 Å². The summed E-state index contributed by atoms with van der Waals surface area (Å²) >= 11 is 1.40. The number of esters is 1. The number of carbonyl (C=O) groups is 2. The van der Waals surface area contributed by atoms with E-state index in [4.69, 9.17) is 4.74 Å². The Kier molecular flexibility index (Phi) is 8.08. The maximum atomic E-state index is 12.3. The molecule has 0 saturated carbocycles. The van der Waals surface area contributed by atoms with E-state index in [1.54, 1.807) is 6.20 Å². The first-order valence-electron chi connectivity index (χ1n) is 11.8. The standard InChI is InChI=1S/C14H19N2O3S.C13H13N/c1-10(17)19-13-9-16(5-2-11(13)3-6-16)8-12(18)14-15-4-7-20-14;1-3-7-12(8-4-1)11-14-13-9-5-2-6-10-13/h4,7,11,13H,2-3,5-6,8-9H2,1H3;1-10,14H,11H2/q+1;. The third-order valence-electron chi connectivity index (χ3n) is 6.62. The zero-order valence-electron chi connectivity index (χ0n) is 19.6. The van der Waals surface area contributed by atoms with E-state index in [1.807, 2.05) is 29.6 Å². The number of thiazole rings is 1. The second kappa shape index (κ2) is 11.4. The summed E-state index contributed by atoms with van der Waals surface area (Å²) < 4.78 is 6.20. The fourth-order valence-electron chi connectivity index (χ4n) is 4.88. The van der Waals surface area contributed by atoms with Crippen LogP contribution in [0.1, 0.15) is 35.1 Å². The summed E-state index contributed by atoms with van der Waals surface area (Å²) in [5, 5.41) is 5.78. The fraction of sp³-hybridized carbons (Fsp3) is 0.370. The minimum Gasteiger partial charge on any atom is -0.456 e. The number of ether oxygens (including phenoxy) is 1. The van der Waals surface area contributed by atoms with Crippen molar-refractivity contribution < 1.29 is 18.8 Å². The summed E-state index contributed by atoms with van der Waals surface area (Å²) in [6.45, 7) is 5.63. The van der Waals surface area contributed by atoms with Gasteiger partial charge in [0.15, 0.2) is 11.1 Å². The van der Waals surface area contributed by atoms with Gasteiger partial charge in [0.1, 0.15) is 13.1 Å². The molecule has 178 valence electrons. The van der Waals surface area contributed by atoms with Gasteiger partial charge in [0, 0.05) is 49.5 Å². The van der Waals surface area contributed by atoms with Gasteiger partial charge < -0.3 is 14.5 Å². The predicted octanol–water partition coefficient (Wildman–Crippen LogP) is 4.80. The second-order valence-electron chi connectivity index (χ2n) is 9.08. The number of fused-ring (bicyclic) bond motifs is 3. The van der Waals surface area contributed by atoms with Crippen LogP contribution in [0.25, 0.3) is 0 Å². The molecule has 2 bridgehead atoms. The number of rotatable bonds is 7. The second-order valence-corrected chi connectivity index (χ2v) is 9.98. The van der Waals surface area contributed by atoms with Gasteiger partial charge in [-0.2, -0.15) is 0 Å². The lowest BCUT2D eigenvalue weighted by Gasteiger charge is -2.51. The van der Waals surface area contributed by atoms with Crippen LogP contribution in [-0.2, 0) is 16.1 Å². The molecule has 3 saturated heterocycles. The predicted molar refractivity (Wildman–Crippen MR) is 135 cm³/mol. The molecule has 0 spiro atoms. The Morgan fingerprint density at radius 3 is 2.35 bits per heavy atom. The number of quaternary nitrogens is 1. The van der Waals surface area contributed by atoms with Crippen molar-refractivity contribution in [2.45, 2.75) is 32.4 Å². The number of piperidine rings is 3. The van der Waals surface area contributed by atoms with Crippen molar-refractivity contribution in [2.75, 3.05) is 31.5 Å². The molecule has 6 rings (SSSR count). The van der Waals surface area contributed by atoms with Gasteiger partial charge in [-0.05, 0) is 17.7 Å². The number of nitrogens with zero attached hydrogens (tertiary/aromatic N) is 2. The smallest absolute Gasteiger partial charge is 0.303 e. The minimum atomic E-state index is -0.215. The summed E-state index contributed by atoms with van der Waals surface area (Å²) in [5.74, 6) is 0.379. The highest BCUT2D eigenvalue weighted by atomic mass is 32.1. The van der Waals surface area contributed by atoms with Gasteiger partial charge >= 0.3 is 5.97 Å². The number of para-hydroxylation sites is 1. The van der Waals surface area contributed by atoms with Gasteiger partial charge in [-0.25, -0.2) is 4.98 Å². The maximum Gasteiger partial charge on any atom is 0.303 e. The molecule has 3 aliphatic rings. The van der Waals surface area contributed by atoms with Crippen molar-refractivity contribution in [2.24, 2.45) is 5.92 Å². The van der Waals surface area contributed by atoms with Crippen LogP contribution >= 0.6 is 11.3 Å². The van der Waals surface area contributed by atoms with E-state index in [9.17, 15) is 9.59 Å². The van der Waals surface area contributed by atoms with E-state index in [2.05, 4.69) is 46.7 Å². The van der Waals surface area contributed by atoms with Crippen LogP contribution in [0, 0.1) is 5.92 Å². The summed E-state index contributed by atoms with van der Waals surface area (Å²) in [5.41, 5.74) is 2.47. The molecule has 1 unspecified atom stereocenters. The number of Topliss-reactive ketones (excluding diaryl/α,β-unsaturated/α-hetero) is 1. The van der Waals surface area contributed by atoms with Crippen LogP contribution in [-0.4, -0.2) is 53.5 Å². The van der Waals surface area contributed by atoms with E-state index >= 15 is 0 Å². The van der Waals surface area contributed by atoms with Gasteiger partial charge in [0.2, 0.25) is 5.78 Å². The molecule has 2 aromatic carbocycles. The number of hydrogen-bond acceptors (Lipinski definition) is 6. The molecule has 6 nitrogen and oxygen atoms in total. The van der Waals surface area contributed by atoms with Crippen molar-refractivity contribution in [3.8, 4) is 0 Å². The van der Waals surface area contributed by atoms with Crippen molar-refractivity contribution >= 4 is 28.8 Å². The molecule has 4 heterocycles. The molecule has 3 aliphatic heterocycles. The molecule has 34 heavy (non-hydrogen) atoms. The molecule has 0 aliphatic carbocycles. The Bertz CT molecular complexity index is 1010. The molecule has 0 radical (unpaired) electrons. The number of nitrogens with one attached hydrogen (secondary N) is 1. The van der Waals surface area contributed by atoms with Gasteiger partial charge in [-0.3, -0.25) is 9.59 Å². The van der Waals surface area contributed by atoms with Crippen molar-refractivity contribution in [1.82, 2.24) is 4.98 Å². The summed E-state index contributed by atoms with van der Waals surface area (Å²) in [6.07, 6.45) is 3.74. The normalized spacial score (nSPS) is 22.9. The number of ketones is 1. The highest BCUT2D eigenvalue weighted by Gasteiger charge is 2.48. The fourth-order valence-corrected chi connectivity index (χ4v) is 5.45. The Balaban J connectivity index is 0.000000172.